The van der Waals surface area contributed by atoms with Gasteiger partial charge < -0.3 is 11.1 Å². The van der Waals surface area contributed by atoms with E-state index in [0.717, 1.165) is 24.0 Å². The van der Waals surface area contributed by atoms with Gasteiger partial charge in [-0.05, 0) is 49.9 Å². The molecule has 36 heavy (non-hydrogen) atoms. The monoisotopic (exact) mass is 476 g/mol. The van der Waals surface area contributed by atoms with Crippen molar-refractivity contribution >= 4 is 40.1 Å². The number of aryl methyl sites for hydroxylation is 2. The molecule has 2 heterocycles. The Morgan fingerprint density at radius 1 is 1.00 bits per heavy atom. The number of aromatic nitrogens is 3. The van der Waals surface area contributed by atoms with Crippen molar-refractivity contribution in [3.8, 4) is 0 Å². The van der Waals surface area contributed by atoms with E-state index in [0.29, 0.717) is 22.2 Å². The van der Waals surface area contributed by atoms with E-state index in [1.165, 1.54) is 10.2 Å². The molecular formula is C29H28N6O. The molecule has 5 aromatic rings. The van der Waals surface area contributed by atoms with Gasteiger partial charge in [-0.2, -0.15) is 9.78 Å². The molecule has 0 radical (unpaired) electrons. The molecule has 0 bridgehead atoms. The van der Waals surface area contributed by atoms with Crippen LogP contribution in [0.4, 0.5) is 5.82 Å². The number of benzene rings is 3. The molecule has 0 aliphatic carbocycles. The molecule has 0 unspecified atom stereocenters. The number of nitrogens with one attached hydrogen (secondary N) is 1. The van der Waals surface area contributed by atoms with Crippen molar-refractivity contribution in [1.82, 2.24) is 20.0 Å². The van der Waals surface area contributed by atoms with Crippen LogP contribution in [0, 0.1) is 6.92 Å². The summed E-state index contributed by atoms with van der Waals surface area (Å²) in [5.74, 6) is -0.0802. The zero-order valence-electron chi connectivity index (χ0n) is 20.3. The van der Waals surface area contributed by atoms with Gasteiger partial charge in [0.1, 0.15) is 16.9 Å². The summed E-state index contributed by atoms with van der Waals surface area (Å²) in [6.45, 7) is 4.03. The van der Waals surface area contributed by atoms with Gasteiger partial charge in [0.2, 0.25) is 0 Å². The fourth-order valence-corrected chi connectivity index (χ4v) is 4.16. The summed E-state index contributed by atoms with van der Waals surface area (Å²) in [7, 11) is 0. The highest BCUT2D eigenvalue weighted by atomic mass is 16.1. The fourth-order valence-electron chi connectivity index (χ4n) is 4.16. The van der Waals surface area contributed by atoms with Gasteiger partial charge in [0, 0.05) is 6.04 Å². The highest BCUT2D eigenvalue weighted by Gasteiger charge is 2.25. The van der Waals surface area contributed by atoms with E-state index in [-0.39, 0.29) is 23.3 Å². The molecule has 3 aromatic carbocycles. The number of rotatable bonds is 7. The minimum absolute atomic E-state index is 0.0556. The summed E-state index contributed by atoms with van der Waals surface area (Å²) >= 11 is 0. The first-order chi connectivity index (χ1) is 17.5. The first kappa shape index (κ1) is 23.2. The van der Waals surface area contributed by atoms with Crippen LogP contribution in [0.3, 0.4) is 0 Å². The Bertz CT molecular complexity index is 1550. The molecule has 1 amide bonds. The molecule has 2 aromatic heterocycles. The Hall–Kier alpha value is -4.52. The van der Waals surface area contributed by atoms with Gasteiger partial charge in [-0.1, -0.05) is 72.3 Å². The average molecular weight is 477 g/mol. The molecule has 7 nitrogen and oxygen atoms in total. The lowest BCUT2D eigenvalue weighted by Crippen LogP contribution is -2.33. The Kier molecular flexibility index (Phi) is 6.45. The molecule has 0 fully saturated rings. The zero-order valence-corrected chi connectivity index (χ0v) is 20.3. The molecule has 0 aliphatic heterocycles. The van der Waals surface area contributed by atoms with Gasteiger partial charge in [-0.15, -0.1) is 0 Å². The van der Waals surface area contributed by atoms with Crippen molar-refractivity contribution in [2.24, 2.45) is 5.10 Å². The lowest BCUT2D eigenvalue weighted by Gasteiger charge is -2.14. The topological polar surface area (TPSA) is 98.2 Å². The Morgan fingerprint density at radius 3 is 2.39 bits per heavy atom. The van der Waals surface area contributed by atoms with Crippen LogP contribution < -0.4 is 11.1 Å². The molecule has 5 rings (SSSR count). The molecule has 3 N–H and O–H groups in total. The molecule has 180 valence electrons. The highest BCUT2D eigenvalue weighted by Crippen LogP contribution is 2.28. The Balaban J connectivity index is 1.49. The highest BCUT2D eigenvalue weighted by molar-refractivity contribution is 6.10. The number of carbonyl (C=O) groups excluding carboxylic acids is 1. The molecular weight excluding hydrogens is 448 g/mol. The van der Waals surface area contributed by atoms with Crippen molar-refractivity contribution in [2.75, 3.05) is 5.73 Å². The maximum absolute atomic E-state index is 13.4. The van der Waals surface area contributed by atoms with E-state index in [1.807, 2.05) is 80.6 Å². The molecule has 1 atom stereocenters. The second kappa shape index (κ2) is 10.00. The third kappa shape index (κ3) is 4.81. The summed E-state index contributed by atoms with van der Waals surface area (Å²) < 4.78 is 1.50. The number of nitrogen functional groups attached to an aromatic ring is 1. The number of nitrogens with zero attached hydrogens (tertiary/aromatic N) is 4. The number of nitrogens with two attached hydrogens (primary N) is 1. The van der Waals surface area contributed by atoms with E-state index in [4.69, 9.17) is 15.7 Å². The minimum Gasteiger partial charge on any atom is -0.383 e. The first-order valence-electron chi connectivity index (χ1n) is 12.0. The fraction of sp³-hybridized carbons (Fsp3) is 0.172. The number of hydrogen-bond acceptors (Lipinski definition) is 5. The van der Waals surface area contributed by atoms with E-state index in [2.05, 4.69) is 22.6 Å². The minimum atomic E-state index is -0.285. The normalized spacial score (nSPS) is 12.4. The van der Waals surface area contributed by atoms with Crippen LogP contribution >= 0.6 is 0 Å². The van der Waals surface area contributed by atoms with E-state index >= 15 is 0 Å². The molecule has 0 saturated carbocycles. The summed E-state index contributed by atoms with van der Waals surface area (Å²) in [4.78, 5) is 22.9. The molecule has 0 saturated heterocycles. The zero-order chi connectivity index (χ0) is 25.1. The summed E-state index contributed by atoms with van der Waals surface area (Å²) in [5, 5.41) is 7.67. The van der Waals surface area contributed by atoms with E-state index in [9.17, 15) is 4.79 Å². The summed E-state index contributed by atoms with van der Waals surface area (Å²) in [5.41, 5.74) is 12.4. The smallest absolute Gasteiger partial charge is 0.257 e. The molecule has 0 aliphatic rings. The van der Waals surface area contributed by atoms with Crippen LogP contribution in [0.15, 0.2) is 84.0 Å². The SMILES string of the molecule is Cc1ccc(/C=N/n2c(N)c(C(=O)N[C@H](C)CCc3ccccc3)c3nc4ccccc4nc32)cc1. The van der Waals surface area contributed by atoms with Crippen molar-refractivity contribution in [3.05, 3.63) is 101 Å². The molecule has 0 spiro atoms. The van der Waals surface area contributed by atoms with E-state index in [1.54, 1.807) is 6.21 Å². The second-order valence-electron chi connectivity index (χ2n) is 9.01. The van der Waals surface area contributed by atoms with E-state index < -0.39 is 0 Å². The van der Waals surface area contributed by atoms with Gasteiger partial charge in [0.15, 0.2) is 5.65 Å². The number of carbonyl (C=O) groups is 1. The van der Waals surface area contributed by atoms with Gasteiger partial charge in [0.05, 0.1) is 17.2 Å². The van der Waals surface area contributed by atoms with Crippen molar-refractivity contribution in [1.29, 1.82) is 0 Å². The lowest BCUT2D eigenvalue weighted by molar-refractivity contribution is 0.0940. The number of amides is 1. The van der Waals surface area contributed by atoms with Crippen LogP contribution in [-0.4, -0.2) is 32.8 Å². The number of fused-ring (bicyclic) bond motifs is 2. The van der Waals surface area contributed by atoms with Gasteiger partial charge >= 0.3 is 0 Å². The standard InChI is InChI=1S/C29H28N6O/c1-19-12-15-22(16-13-19)18-31-35-27(30)25(26-28(35)34-24-11-7-6-10-23(24)33-26)29(36)32-20(2)14-17-21-8-4-3-5-9-21/h3-13,15-16,18,20H,14,17,30H2,1-2H3,(H,32,36)/b31-18+/t20-/m1/s1. The average Bonchev–Trinajstić information content (AvgIpc) is 3.16. The van der Waals surface area contributed by atoms with Crippen LogP contribution in [0.5, 0.6) is 0 Å². The predicted molar refractivity (Wildman–Crippen MR) is 145 cm³/mol. The van der Waals surface area contributed by atoms with Crippen molar-refractivity contribution in [3.63, 3.8) is 0 Å². The van der Waals surface area contributed by atoms with Crippen LogP contribution in [0.25, 0.3) is 22.2 Å². The van der Waals surface area contributed by atoms with Gasteiger partial charge in [-0.3, -0.25) is 4.79 Å². The molecule has 7 heteroatoms. The number of para-hydroxylation sites is 2. The van der Waals surface area contributed by atoms with Crippen LogP contribution in [0.1, 0.15) is 40.4 Å². The van der Waals surface area contributed by atoms with Crippen LogP contribution in [0.2, 0.25) is 0 Å². The lowest BCUT2D eigenvalue weighted by atomic mass is 10.1. The van der Waals surface area contributed by atoms with Gasteiger partial charge in [0.25, 0.3) is 5.91 Å². The first-order valence-corrected chi connectivity index (χ1v) is 12.0. The maximum Gasteiger partial charge on any atom is 0.257 e. The third-order valence-electron chi connectivity index (χ3n) is 6.19. The summed E-state index contributed by atoms with van der Waals surface area (Å²) in [6.07, 6.45) is 3.37. The van der Waals surface area contributed by atoms with Crippen molar-refractivity contribution in [2.45, 2.75) is 32.7 Å². The van der Waals surface area contributed by atoms with Crippen molar-refractivity contribution < 1.29 is 4.79 Å². The van der Waals surface area contributed by atoms with Gasteiger partial charge in [-0.25, -0.2) is 9.97 Å². The summed E-state index contributed by atoms with van der Waals surface area (Å²) in [6, 6.07) is 25.7. The third-order valence-corrected chi connectivity index (χ3v) is 6.19. The van der Waals surface area contributed by atoms with Crippen LogP contribution in [-0.2, 0) is 6.42 Å². The second-order valence-corrected chi connectivity index (χ2v) is 9.01. The largest absolute Gasteiger partial charge is 0.383 e. The maximum atomic E-state index is 13.4. The predicted octanol–water partition coefficient (Wildman–Crippen LogP) is 5.11. The quantitative estimate of drug-likeness (QED) is 0.319. The Morgan fingerprint density at radius 2 is 1.67 bits per heavy atom. The Labute approximate surface area is 209 Å². The number of hydrogen-bond donors (Lipinski definition) is 2. The number of anilines is 1.